The van der Waals surface area contributed by atoms with Crippen LogP contribution in [0.2, 0.25) is 0 Å². The van der Waals surface area contributed by atoms with Crippen LogP contribution in [0.25, 0.3) is 11.0 Å². The number of rotatable bonds is 7. The minimum absolute atomic E-state index is 0.111. The van der Waals surface area contributed by atoms with E-state index in [4.69, 9.17) is 9.15 Å². The van der Waals surface area contributed by atoms with Crippen LogP contribution in [0.4, 0.5) is 24.5 Å². The summed E-state index contributed by atoms with van der Waals surface area (Å²) < 4.78 is 49.3. The van der Waals surface area contributed by atoms with Gasteiger partial charge in [0, 0.05) is 23.6 Å². The topological polar surface area (TPSA) is 150 Å². The lowest BCUT2D eigenvalue weighted by Crippen LogP contribution is -2.16. The Balaban J connectivity index is 1.41. The molecule has 0 atom stereocenters. The predicted molar refractivity (Wildman–Crippen MR) is 123 cm³/mol. The van der Waals surface area contributed by atoms with Crippen LogP contribution < -0.4 is 10.2 Å². The summed E-state index contributed by atoms with van der Waals surface area (Å²) in [5, 5.41) is 26.2. The molecule has 0 saturated carbocycles. The highest BCUT2D eigenvalue weighted by molar-refractivity contribution is 5.97. The van der Waals surface area contributed by atoms with Gasteiger partial charge in [0.1, 0.15) is 11.3 Å². The molecule has 0 unspecified atom stereocenters. The largest absolute Gasteiger partial charge is 0.451 e. The van der Waals surface area contributed by atoms with Crippen LogP contribution in [0.3, 0.4) is 0 Å². The zero-order chi connectivity index (χ0) is 26.7. The molecule has 0 saturated heterocycles. The number of hydrogen-bond acceptors (Lipinski definition) is 8. The molecule has 0 radical (unpaired) electrons. The SMILES string of the molecule is O=C(N/N=C\c1ccc(Oc2ccc(C(F)(F)F)cc2[N+](=O)[O-])cc1)c1cc2cc([N+](=O)[O-])ccc2o1. The van der Waals surface area contributed by atoms with Crippen molar-refractivity contribution < 1.29 is 37.0 Å². The molecule has 11 nitrogen and oxygen atoms in total. The second-order valence-electron chi connectivity index (χ2n) is 7.40. The number of amides is 1. The Labute approximate surface area is 204 Å². The molecule has 1 amide bonds. The molecule has 1 N–H and O–H groups in total. The van der Waals surface area contributed by atoms with E-state index in [-0.39, 0.29) is 28.5 Å². The van der Waals surface area contributed by atoms with Crippen LogP contribution in [0.15, 0.2) is 76.2 Å². The lowest BCUT2D eigenvalue weighted by atomic mass is 10.2. The van der Waals surface area contributed by atoms with E-state index in [0.29, 0.717) is 23.1 Å². The number of nitro benzene ring substituents is 2. The number of nitro groups is 2. The summed E-state index contributed by atoms with van der Waals surface area (Å²) in [5.41, 5.74) is 0.830. The number of carbonyl (C=O) groups excluding carboxylic acids is 1. The minimum Gasteiger partial charge on any atom is -0.451 e. The summed E-state index contributed by atoms with van der Waals surface area (Å²) in [6.07, 6.45) is -3.47. The zero-order valence-corrected chi connectivity index (χ0v) is 18.3. The van der Waals surface area contributed by atoms with Crippen LogP contribution in [0.1, 0.15) is 21.7 Å². The Kier molecular flexibility index (Phi) is 6.56. The first kappa shape index (κ1) is 24.8. The number of ether oxygens (including phenoxy) is 1. The Bertz CT molecular complexity index is 1550. The van der Waals surface area contributed by atoms with Gasteiger partial charge in [-0.2, -0.15) is 18.3 Å². The Morgan fingerprint density at radius 3 is 2.35 bits per heavy atom. The molecule has 4 aromatic rings. The molecule has 0 spiro atoms. The Morgan fingerprint density at radius 1 is 0.973 bits per heavy atom. The van der Waals surface area contributed by atoms with Gasteiger partial charge in [-0.25, -0.2) is 5.43 Å². The standard InChI is InChI=1S/C23H13F3N4O7/c24-23(25,26)15-3-7-20(18(11-15)30(34)35)36-17-5-1-13(2-6-17)12-27-28-22(31)21-10-14-9-16(29(32)33)4-8-19(14)37-21/h1-12H,(H,28,31)/b27-12-. The van der Waals surface area contributed by atoms with Crippen LogP contribution in [-0.4, -0.2) is 22.0 Å². The fourth-order valence-electron chi connectivity index (χ4n) is 3.15. The van der Waals surface area contributed by atoms with E-state index >= 15 is 0 Å². The molecule has 3 aromatic carbocycles. The Morgan fingerprint density at radius 2 is 1.70 bits per heavy atom. The number of halogens is 3. The number of nitrogens with zero attached hydrogens (tertiary/aromatic N) is 3. The summed E-state index contributed by atoms with van der Waals surface area (Å²) in [4.78, 5) is 32.8. The Hall–Kier alpha value is -5.27. The third kappa shape index (κ3) is 5.70. The van der Waals surface area contributed by atoms with E-state index in [0.717, 1.165) is 6.07 Å². The van der Waals surface area contributed by atoms with Crippen LogP contribution in [0.5, 0.6) is 11.5 Å². The molecule has 4 rings (SSSR count). The maximum atomic E-state index is 12.8. The van der Waals surface area contributed by atoms with Gasteiger partial charge in [-0.05, 0) is 54.1 Å². The molecule has 0 fully saturated rings. The number of hydrogen-bond donors (Lipinski definition) is 1. The van der Waals surface area contributed by atoms with Crippen LogP contribution in [0, 0.1) is 20.2 Å². The molecule has 1 aromatic heterocycles. The summed E-state index contributed by atoms with van der Waals surface area (Å²) in [5.74, 6) is -1.08. The average molecular weight is 514 g/mol. The average Bonchev–Trinajstić information content (AvgIpc) is 3.28. The fourth-order valence-corrected chi connectivity index (χ4v) is 3.15. The van der Waals surface area contributed by atoms with E-state index in [1.54, 1.807) is 0 Å². The van der Waals surface area contributed by atoms with Crippen molar-refractivity contribution in [2.45, 2.75) is 6.18 Å². The quantitative estimate of drug-likeness (QED) is 0.185. The fraction of sp³-hybridized carbons (Fsp3) is 0.0435. The summed E-state index contributed by atoms with van der Waals surface area (Å²) in [6.45, 7) is 0. The van der Waals surface area contributed by atoms with E-state index in [1.165, 1.54) is 54.7 Å². The number of nitrogens with one attached hydrogen (secondary N) is 1. The smallest absolute Gasteiger partial charge is 0.416 e. The van der Waals surface area contributed by atoms with Gasteiger partial charge in [-0.3, -0.25) is 25.0 Å². The van der Waals surface area contributed by atoms with E-state index in [1.807, 2.05) is 0 Å². The van der Waals surface area contributed by atoms with Gasteiger partial charge in [-0.15, -0.1) is 0 Å². The van der Waals surface area contributed by atoms with Crippen molar-refractivity contribution in [3.63, 3.8) is 0 Å². The highest BCUT2D eigenvalue weighted by Crippen LogP contribution is 2.37. The third-order valence-corrected chi connectivity index (χ3v) is 4.91. The van der Waals surface area contributed by atoms with Crippen molar-refractivity contribution >= 4 is 34.5 Å². The zero-order valence-electron chi connectivity index (χ0n) is 18.3. The summed E-state index contributed by atoms with van der Waals surface area (Å²) >= 11 is 0. The monoisotopic (exact) mass is 514 g/mol. The van der Waals surface area contributed by atoms with Crippen molar-refractivity contribution in [2.75, 3.05) is 0 Å². The second-order valence-corrected chi connectivity index (χ2v) is 7.40. The third-order valence-electron chi connectivity index (χ3n) is 4.91. The molecule has 0 aliphatic carbocycles. The van der Waals surface area contributed by atoms with Gasteiger partial charge < -0.3 is 9.15 Å². The number of alkyl halides is 3. The van der Waals surface area contributed by atoms with Gasteiger partial charge in [0.2, 0.25) is 5.75 Å². The first-order chi connectivity index (χ1) is 17.5. The molecule has 14 heteroatoms. The van der Waals surface area contributed by atoms with Gasteiger partial charge in [-0.1, -0.05) is 0 Å². The number of carbonyl (C=O) groups is 1. The molecule has 0 aliphatic rings. The first-order valence-electron chi connectivity index (χ1n) is 10.2. The number of fused-ring (bicyclic) bond motifs is 1. The van der Waals surface area contributed by atoms with Crippen LogP contribution in [-0.2, 0) is 6.18 Å². The molecular weight excluding hydrogens is 501 g/mol. The van der Waals surface area contributed by atoms with Crippen LogP contribution >= 0.6 is 0 Å². The first-order valence-corrected chi connectivity index (χ1v) is 10.2. The van der Waals surface area contributed by atoms with Crippen molar-refractivity contribution in [1.29, 1.82) is 0 Å². The van der Waals surface area contributed by atoms with E-state index in [2.05, 4.69) is 10.5 Å². The highest BCUT2D eigenvalue weighted by atomic mass is 19.4. The second kappa shape index (κ2) is 9.77. The summed E-state index contributed by atoms with van der Waals surface area (Å²) in [7, 11) is 0. The van der Waals surface area contributed by atoms with Crippen molar-refractivity contribution in [3.05, 3.63) is 104 Å². The van der Waals surface area contributed by atoms with Gasteiger partial charge in [0.05, 0.1) is 21.6 Å². The molecule has 1 heterocycles. The van der Waals surface area contributed by atoms with Crippen molar-refractivity contribution in [3.8, 4) is 11.5 Å². The molecule has 0 aliphatic heterocycles. The summed E-state index contributed by atoms with van der Waals surface area (Å²) in [6, 6.07) is 12.9. The molecule has 37 heavy (non-hydrogen) atoms. The number of non-ortho nitro benzene ring substituents is 1. The lowest BCUT2D eigenvalue weighted by molar-refractivity contribution is -0.385. The van der Waals surface area contributed by atoms with E-state index < -0.39 is 33.2 Å². The highest BCUT2D eigenvalue weighted by Gasteiger charge is 2.33. The van der Waals surface area contributed by atoms with E-state index in [9.17, 15) is 38.2 Å². The van der Waals surface area contributed by atoms with Gasteiger partial charge in [0.25, 0.3) is 5.69 Å². The molecule has 0 bridgehead atoms. The normalized spacial score (nSPS) is 11.5. The lowest BCUT2D eigenvalue weighted by Gasteiger charge is -2.10. The number of benzene rings is 3. The predicted octanol–water partition coefficient (Wildman–Crippen LogP) is 5.82. The molecular formula is C23H13F3N4O7. The number of furan rings is 1. The van der Waals surface area contributed by atoms with Gasteiger partial charge >= 0.3 is 17.8 Å². The minimum atomic E-state index is -4.75. The molecule has 188 valence electrons. The number of hydrazone groups is 1. The van der Waals surface area contributed by atoms with Crippen molar-refractivity contribution in [2.24, 2.45) is 5.10 Å². The van der Waals surface area contributed by atoms with Crippen molar-refractivity contribution in [1.82, 2.24) is 5.43 Å². The maximum Gasteiger partial charge on any atom is 0.416 e. The maximum absolute atomic E-state index is 12.8. The van der Waals surface area contributed by atoms with Gasteiger partial charge in [0.15, 0.2) is 5.76 Å².